The molecular weight excluding hydrogens is 318 g/mol. The number of hydrazone groups is 1. The van der Waals surface area contributed by atoms with E-state index in [1.165, 1.54) is 0 Å². The summed E-state index contributed by atoms with van der Waals surface area (Å²) >= 11 is 7.57. The van der Waals surface area contributed by atoms with E-state index in [-0.39, 0.29) is 0 Å². The molecular formula is C16H14ClN3OS. The number of aliphatic imine (C=N–C) groups is 1. The average Bonchev–Trinajstić information content (AvgIpc) is 2.56. The number of amidine groups is 1. The summed E-state index contributed by atoms with van der Waals surface area (Å²) in [5.74, 6) is 1.60. The maximum Gasteiger partial charge on any atom is 0.182 e. The van der Waals surface area contributed by atoms with Crippen molar-refractivity contribution in [3.63, 3.8) is 0 Å². The highest BCUT2D eigenvalue weighted by Gasteiger charge is 2.13. The van der Waals surface area contributed by atoms with Crippen molar-refractivity contribution in [2.45, 2.75) is 0 Å². The van der Waals surface area contributed by atoms with Crippen LogP contribution in [0.25, 0.3) is 0 Å². The van der Waals surface area contributed by atoms with E-state index >= 15 is 0 Å². The van der Waals surface area contributed by atoms with Crippen molar-refractivity contribution in [2.24, 2.45) is 10.1 Å². The number of benzene rings is 2. The number of thioether (sulfide) groups is 1. The van der Waals surface area contributed by atoms with Crippen molar-refractivity contribution in [1.82, 2.24) is 5.43 Å². The fourth-order valence-electron chi connectivity index (χ4n) is 1.97. The lowest BCUT2D eigenvalue weighted by molar-refractivity contribution is 0.415. The zero-order valence-electron chi connectivity index (χ0n) is 11.9. The van der Waals surface area contributed by atoms with Crippen molar-refractivity contribution in [3.05, 3.63) is 59.1 Å². The quantitative estimate of drug-likeness (QED) is 0.922. The topological polar surface area (TPSA) is 46.0 Å². The minimum Gasteiger partial charge on any atom is -0.497 e. The number of rotatable bonds is 3. The van der Waals surface area contributed by atoms with E-state index in [1.54, 1.807) is 18.9 Å². The number of nitrogens with zero attached hydrogens (tertiary/aromatic N) is 2. The number of hydrogen-bond acceptors (Lipinski definition) is 4. The van der Waals surface area contributed by atoms with Gasteiger partial charge in [0.2, 0.25) is 0 Å². The van der Waals surface area contributed by atoms with Crippen molar-refractivity contribution in [1.29, 1.82) is 0 Å². The Bertz CT molecular complexity index is 728. The average molecular weight is 332 g/mol. The standard InChI is InChI=1S/C16H14ClN3OS/c1-21-14-7-5-11(6-8-14)15-10-22-16(20-19-15)18-13-4-2-3-12(17)9-13/h2-9H,10H2,1H3,(H,18,20). The van der Waals surface area contributed by atoms with Crippen LogP contribution in [-0.2, 0) is 0 Å². The molecule has 0 radical (unpaired) electrons. The SMILES string of the molecule is COc1ccc(C2=NNC(=Nc3cccc(Cl)c3)SC2)cc1. The molecule has 3 rings (SSSR count). The second-order valence-electron chi connectivity index (χ2n) is 4.58. The molecule has 2 aromatic rings. The summed E-state index contributed by atoms with van der Waals surface area (Å²) in [6, 6.07) is 15.3. The van der Waals surface area contributed by atoms with E-state index in [0.717, 1.165) is 33.6 Å². The normalized spacial score (nSPS) is 16.1. The van der Waals surface area contributed by atoms with Crippen LogP contribution in [0.1, 0.15) is 5.56 Å². The molecule has 0 spiro atoms. The third kappa shape index (κ3) is 3.61. The van der Waals surface area contributed by atoms with E-state index in [0.29, 0.717) is 5.02 Å². The summed E-state index contributed by atoms with van der Waals surface area (Å²) in [4.78, 5) is 4.49. The predicted molar refractivity (Wildman–Crippen MR) is 93.7 cm³/mol. The van der Waals surface area contributed by atoms with Gasteiger partial charge in [-0.1, -0.05) is 29.4 Å². The van der Waals surface area contributed by atoms with Crippen LogP contribution < -0.4 is 10.2 Å². The molecule has 0 unspecified atom stereocenters. The van der Waals surface area contributed by atoms with Crippen LogP contribution in [-0.4, -0.2) is 23.7 Å². The van der Waals surface area contributed by atoms with Crippen molar-refractivity contribution in [3.8, 4) is 5.75 Å². The molecule has 6 heteroatoms. The Kier molecular flexibility index (Phi) is 4.65. The molecule has 1 heterocycles. The molecule has 112 valence electrons. The monoisotopic (exact) mass is 331 g/mol. The summed E-state index contributed by atoms with van der Waals surface area (Å²) in [6.45, 7) is 0. The molecule has 0 saturated carbocycles. The first-order valence-corrected chi connectivity index (χ1v) is 8.05. The van der Waals surface area contributed by atoms with Crippen LogP contribution in [0, 0.1) is 0 Å². The largest absolute Gasteiger partial charge is 0.497 e. The maximum absolute atomic E-state index is 5.96. The van der Waals surface area contributed by atoms with Crippen LogP contribution in [0.15, 0.2) is 58.6 Å². The van der Waals surface area contributed by atoms with Gasteiger partial charge >= 0.3 is 0 Å². The van der Waals surface area contributed by atoms with Gasteiger partial charge in [-0.25, -0.2) is 4.99 Å². The third-order valence-corrected chi connectivity index (χ3v) is 4.20. The van der Waals surface area contributed by atoms with E-state index in [9.17, 15) is 0 Å². The van der Waals surface area contributed by atoms with Gasteiger partial charge in [0.05, 0.1) is 18.5 Å². The van der Waals surface area contributed by atoms with Crippen molar-refractivity contribution in [2.75, 3.05) is 12.9 Å². The molecule has 0 aliphatic carbocycles. The molecule has 0 fully saturated rings. The van der Waals surface area contributed by atoms with Crippen LogP contribution in [0.4, 0.5) is 5.69 Å². The van der Waals surface area contributed by atoms with Gasteiger partial charge in [0.1, 0.15) is 5.75 Å². The zero-order valence-corrected chi connectivity index (χ0v) is 13.5. The van der Waals surface area contributed by atoms with E-state index in [4.69, 9.17) is 16.3 Å². The molecule has 4 nitrogen and oxygen atoms in total. The Morgan fingerprint density at radius 2 is 2.05 bits per heavy atom. The van der Waals surface area contributed by atoms with Crippen LogP contribution >= 0.6 is 23.4 Å². The number of hydrogen-bond donors (Lipinski definition) is 1. The van der Waals surface area contributed by atoms with Gasteiger partial charge in [-0.05, 0) is 48.0 Å². The second-order valence-corrected chi connectivity index (χ2v) is 5.98. The molecule has 1 N–H and O–H groups in total. The van der Waals surface area contributed by atoms with E-state index in [1.807, 2.05) is 48.5 Å². The summed E-state index contributed by atoms with van der Waals surface area (Å²) in [5.41, 5.74) is 5.86. The second kappa shape index (κ2) is 6.85. The molecule has 0 atom stereocenters. The van der Waals surface area contributed by atoms with E-state index in [2.05, 4.69) is 15.5 Å². The molecule has 1 aliphatic heterocycles. The smallest absolute Gasteiger partial charge is 0.182 e. The Labute approximate surface area is 138 Å². The van der Waals surface area contributed by atoms with Gasteiger partial charge in [0.15, 0.2) is 5.17 Å². The summed E-state index contributed by atoms with van der Waals surface area (Å²) in [5, 5.41) is 5.83. The fourth-order valence-corrected chi connectivity index (χ4v) is 2.94. The van der Waals surface area contributed by atoms with Crippen LogP contribution in [0.2, 0.25) is 5.02 Å². The van der Waals surface area contributed by atoms with Gasteiger partial charge in [-0.15, -0.1) is 0 Å². The Balaban J connectivity index is 1.73. The highest BCUT2D eigenvalue weighted by Crippen LogP contribution is 2.22. The van der Waals surface area contributed by atoms with Gasteiger partial charge < -0.3 is 4.74 Å². The first kappa shape index (κ1) is 14.9. The molecule has 0 saturated heterocycles. The van der Waals surface area contributed by atoms with Gasteiger partial charge in [-0.3, -0.25) is 5.43 Å². The number of ether oxygens (including phenoxy) is 1. The van der Waals surface area contributed by atoms with Gasteiger partial charge in [0, 0.05) is 10.8 Å². The maximum atomic E-state index is 5.96. The number of nitrogens with one attached hydrogen (secondary N) is 1. The molecule has 0 aromatic heterocycles. The lowest BCUT2D eigenvalue weighted by Gasteiger charge is -2.15. The third-order valence-electron chi connectivity index (χ3n) is 3.09. The molecule has 2 aromatic carbocycles. The summed E-state index contributed by atoms with van der Waals surface area (Å²) in [7, 11) is 1.66. The highest BCUT2D eigenvalue weighted by molar-refractivity contribution is 8.14. The fraction of sp³-hybridized carbons (Fsp3) is 0.125. The van der Waals surface area contributed by atoms with Crippen LogP contribution in [0.3, 0.4) is 0 Å². The zero-order chi connectivity index (χ0) is 15.4. The molecule has 1 aliphatic rings. The lowest BCUT2D eigenvalue weighted by atomic mass is 10.1. The Morgan fingerprint density at radius 1 is 1.23 bits per heavy atom. The van der Waals surface area contributed by atoms with Crippen LogP contribution in [0.5, 0.6) is 5.75 Å². The van der Waals surface area contributed by atoms with Gasteiger partial charge in [0.25, 0.3) is 0 Å². The molecule has 0 bridgehead atoms. The summed E-state index contributed by atoms with van der Waals surface area (Å²) in [6.07, 6.45) is 0. The first-order valence-electron chi connectivity index (χ1n) is 6.68. The predicted octanol–water partition coefficient (Wildman–Crippen LogP) is 4.08. The Hall–Kier alpha value is -1.98. The van der Waals surface area contributed by atoms with Gasteiger partial charge in [-0.2, -0.15) is 5.10 Å². The first-order chi connectivity index (χ1) is 10.7. The highest BCUT2D eigenvalue weighted by atomic mass is 35.5. The summed E-state index contributed by atoms with van der Waals surface area (Å²) < 4.78 is 5.16. The minimum atomic E-state index is 0.671. The number of methoxy groups -OCH3 is 1. The Morgan fingerprint density at radius 3 is 2.68 bits per heavy atom. The lowest BCUT2D eigenvalue weighted by Crippen LogP contribution is -2.25. The van der Waals surface area contributed by atoms with Crippen molar-refractivity contribution >= 4 is 39.9 Å². The van der Waals surface area contributed by atoms with Crippen molar-refractivity contribution < 1.29 is 4.74 Å². The molecule has 22 heavy (non-hydrogen) atoms. The van der Waals surface area contributed by atoms with E-state index < -0.39 is 0 Å². The molecule has 0 amide bonds. The minimum absolute atomic E-state index is 0.671. The number of halogens is 1.